The van der Waals surface area contributed by atoms with Crippen molar-refractivity contribution in [1.82, 2.24) is 4.98 Å². The van der Waals surface area contributed by atoms with Gasteiger partial charge in [0.15, 0.2) is 19.5 Å². The lowest BCUT2D eigenvalue weighted by Gasteiger charge is -2.04. The van der Waals surface area contributed by atoms with Gasteiger partial charge in [-0.15, -0.1) is 0 Å². The number of sulfone groups is 1. The van der Waals surface area contributed by atoms with Gasteiger partial charge in [-0.25, -0.2) is 13.4 Å². The van der Waals surface area contributed by atoms with Gasteiger partial charge in [0.1, 0.15) is 5.76 Å². The second-order valence-corrected chi connectivity index (χ2v) is 7.38. The van der Waals surface area contributed by atoms with Crippen molar-refractivity contribution in [2.75, 3.05) is 11.6 Å². The summed E-state index contributed by atoms with van der Waals surface area (Å²) in [6.45, 7) is 0.476. The molecular formula is C11H10Br2N2O3S. The normalized spacial score (nSPS) is 11.5. The summed E-state index contributed by atoms with van der Waals surface area (Å²) in [6, 6.07) is 4.97. The van der Waals surface area contributed by atoms with E-state index in [1.54, 1.807) is 6.07 Å². The van der Waals surface area contributed by atoms with E-state index in [1.807, 2.05) is 6.07 Å². The lowest BCUT2D eigenvalue weighted by atomic mass is 10.4. The van der Waals surface area contributed by atoms with Crippen molar-refractivity contribution >= 4 is 47.4 Å². The zero-order chi connectivity index (χ0) is 14.0. The fourth-order valence-corrected chi connectivity index (χ4v) is 2.59. The van der Waals surface area contributed by atoms with Crippen molar-refractivity contribution in [3.05, 3.63) is 39.3 Å². The van der Waals surface area contributed by atoms with E-state index in [2.05, 4.69) is 42.2 Å². The van der Waals surface area contributed by atoms with Gasteiger partial charge in [-0.3, -0.25) is 0 Å². The van der Waals surface area contributed by atoms with Crippen LogP contribution in [0.2, 0.25) is 0 Å². The standard InChI is InChI=1S/C11H10Br2N2O3S/c1-19(16,17)10-3-2-7(5-15-10)14-6-8-4-9(12)11(13)18-8/h2-5,14H,6H2,1H3. The summed E-state index contributed by atoms with van der Waals surface area (Å²) in [5, 5.41) is 3.14. The lowest BCUT2D eigenvalue weighted by molar-refractivity contribution is 0.494. The molecule has 1 N–H and O–H groups in total. The smallest absolute Gasteiger partial charge is 0.192 e. The molecule has 2 heterocycles. The summed E-state index contributed by atoms with van der Waals surface area (Å²) < 4.78 is 29.4. The largest absolute Gasteiger partial charge is 0.451 e. The van der Waals surface area contributed by atoms with Crippen LogP contribution >= 0.6 is 31.9 Å². The topological polar surface area (TPSA) is 72.2 Å². The Kier molecular flexibility index (Phi) is 4.32. The van der Waals surface area contributed by atoms with Gasteiger partial charge in [-0.1, -0.05) is 0 Å². The molecule has 0 saturated heterocycles. The summed E-state index contributed by atoms with van der Waals surface area (Å²) >= 11 is 6.58. The number of hydrogen-bond donors (Lipinski definition) is 1. The fraction of sp³-hybridized carbons (Fsp3) is 0.182. The summed E-state index contributed by atoms with van der Waals surface area (Å²) in [7, 11) is -3.26. The van der Waals surface area contributed by atoms with Crippen molar-refractivity contribution in [2.24, 2.45) is 0 Å². The fourth-order valence-electron chi connectivity index (χ4n) is 1.37. The van der Waals surface area contributed by atoms with Crippen molar-refractivity contribution < 1.29 is 12.8 Å². The molecule has 0 saturated carbocycles. The molecule has 0 aliphatic carbocycles. The lowest BCUT2D eigenvalue weighted by Crippen LogP contribution is -2.02. The number of rotatable bonds is 4. The second-order valence-electron chi connectivity index (χ2n) is 3.85. The number of hydrogen-bond acceptors (Lipinski definition) is 5. The average Bonchev–Trinajstić information content (AvgIpc) is 2.66. The van der Waals surface area contributed by atoms with Crippen LogP contribution in [0.4, 0.5) is 5.69 Å². The van der Waals surface area contributed by atoms with Gasteiger partial charge in [-0.05, 0) is 50.1 Å². The highest BCUT2D eigenvalue weighted by molar-refractivity contribution is 9.13. The van der Waals surface area contributed by atoms with Gasteiger partial charge in [-0.2, -0.15) is 0 Å². The molecule has 2 aromatic heterocycles. The third-order valence-corrected chi connectivity index (χ3v) is 4.99. The first-order valence-corrected chi connectivity index (χ1v) is 8.67. The number of nitrogens with zero attached hydrogens (tertiary/aromatic N) is 1. The van der Waals surface area contributed by atoms with Gasteiger partial charge in [0, 0.05) is 6.26 Å². The van der Waals surface area contributed by atoms with E-state index in [0.717, 1.165) is 22.2 Å². The third-order valence-electron chi connectivity index (χ3n) is 2.28. The molecule has 0 atom stereocenters. The number of halogens is 2. The molecule has 2 aromatic rings. The van der Waals surface area contributed by atoms with E-state index in [0.29, 0.717) is 11.2 Å². The molecule has 102 valence electrons. The number of nitrogens with one attached hydrogen (secondary N) is 1. The van der Waals surface area contributed by atoms with E-state index in [9.17, 15) is 8.42 Å². The predicted octanol–water partition coefficient (Wildman–Crippen LogP) is 3.22. The van der Waals surface area contributed by atoms with Crippen LogP contribution < -0.4 is 5.32 Å². The number of pyridine rings is 1. The number of anilines is 1. The summed E-state index contributed by atoms with van der Waals surface area (Å²) in [5.41, 5.74) is 0.719. The molecule has 0 fully saturated rings. The van der Waals surface area contributed by atoms with Gasteiger partial charge in [0.05, 0.1) is 22.9 Å². The molecule has 0 aliphatic heterocycles. The molecular weight excluding hydrogens is 400 g/mol. The highest BCUT2D eigenvalue weighted by atomic mass is 79.9. The number of furan rings is 1. The maximum Gasteiger partial charge on any atom is 0.192 e. The Balaban J connectivity index is 2.04. The monoisotopic (exact) mass is 408 g/mol. The Hall–Kier alpha value is -0.860. The Morgan fingerprint density at radius 1 is 1.37 bits per heavy atom. The molecule has 0 bridgehead atoms. The van der Waals surface area contributed by atoms with Crippen molar-refractivity contribution in [3.63, 3.8) is 0 Å². The summed E-state index contributed by atoms with van der Waals surface area (Å²) in [5.74, 6) is 0.742. The first-order chi connectivity index (χ1) is 8.86. The first kappa shape index (κ1) is 14.5. The Labute approximate surface area is 127 Å². The molecule has 8 heteroatoms. The quantitative estimate of drug-likeness (QED) is 0.839. The predicted molar refractivity (Wildman–Crippen MR) is 78.8 cm³/mol. The minimum Gasteiger partial charge on any atom is -0.451 e. The molecule has 0 spiro atoms. The Morgan fingerprint density at radius 3 is 2.58 bits per heavy atom. The van der Waals surface area contributed by atoms with Crippen LogP contribution in [0.25, 0.3) is 0 Å². The van der Waals surface area contributed by atoms with Crippen LogP contribution in [0.5, 0.6) is 0 Å². The zero-order valence-electron chi connectivity index (χ0n) is 9.85. The first-order valence-electron chi connectivity index (χ1n) is 5.20. The molecule has 5 nitrogen and oxygen atoms in total. The van der Waals surface area contributed by atoms with Gasteiger partial charge >= 0.3 is 0 Å². The Morgan fingerprint density at radius 2 is 2.11 bits per heavy atom. The van der Waals surface area contributed by atoms with E-state index in [4.69, 9.17) is 4.42 Å². The van der Waals surface area contributed by atoms with E-state index >= 15 is 0 Å². The highest BCUT2D eigenvalue weighted by Crippen LogP contribution is 2.27. The van der Waals surface area contributed by atoms with Gasteiger partial charge in [0.2, 0.25) is 0 Å². The highest BCUT2D eigenvalue weighted by Gasteiger charge is 2.09. The maximum absolute atomic E-state index is 11.3. The second kappa shape index (κ2) is 5.64. The van der Waals surface area contributed by atoms with Crippen LogP contribution in [-0.2, 0) is 16.4 Å². The zero-order valence-corrected chi connectivity index (χ0v) is 13.8. The van der Waals surface area contributed by atoms with Gasteiger partial charge < -0.3 is 9.73 Å². The van der Waals surface area contributed by atoms with Crippen LogP contribution in [-0.4, -0.2) is 19.7 Å². The SMILES string of the molecule is CS(=O)(=O)c1ccc(NCc2cc(Br)c(Br)o2)cn1. The van der Waals surface area contributed by atoms with E-state index in [1.165, 1.54) is 12.3 Å². The molecule has 19 heavy (non-hydrogen) atoms. The Bertz CT molecular complexity index is 661. The summed E-state index contributed by atoms with van der Waals surface area (Å²) in [6.07, 6.45) is 2.60. The van der Waals surface area contributed by atoms with Crippen molar-refractivity contribution in [2.45, 2.75) is 11.6 Å². The third kappa shape index (κ3) is 3.80. The van der Waals surface area contributed by atoms with E-state index < -0.39 is 9.84 Å². The molecule has 0 unspecified atom stereocenters. The molecule has 2 rings (SSSR count). The van der Waals surface area contributed by atoms with Crippen LogP contribution in [0.3, 0.4) is 0 Å². The van der Waals surface area contributed by atoms with Crippen molar-refractivity contribution in [3.8, 4) is 0 Å². The minimum absolute atomic E-state index is 0.0570. The van der Waals surface area contributed by atoms with E-state index in [-0.39, 0.29) is 5.03 Å². The molecule has 0 amide bonds. The molecule has 0 aromatic carbocycles. The minimum atomic E-state index is -3.26. The molecule has 0 aliphatic rings. The van der Waals surface area contributed by atoms with Gasteiger partial charge in [0.25, 0.3) is 0 Å². The molecule has 0 radical (unpaired) electrons. The van der Waals surface area contributed by atoms with Crippen LogP contribution in [0, 0.1) is 0 Å². The summed E-state index contributed by atoms with van der Waals surface area (Å²) in [4.78, 5) is 3.89. The van der Waals surface area contributed by atoms with Crippen molar-refractivity contribution in [1.29, 1.82) is 0 Å². The average molecular weight is 410 g/mol. The van der Waals surface area contributed by atoms with Crippen LogP contribution in [0.15, 0.2) is 43.0 Å². The van der Waals surface area contributed by atoms with Crippen LogP contribution in [0.1, 0.15) is 5.76 Å². The maximum atomic E-state index is 11.3. The number of aromatic nitrogens is 1.